The van der Waals surface area contributed by atoms with Crippen LogP contribution in [0.3, 0.4) is 0 Å². The quantitative estimate of drug-likeness (QED) is 0.437. The fourth-order valence-electron chi connectivity index (χ4n) is 8.11. The molecular formula is C31H41N5. The lowest BCUT2D eigenvalue weighted by atomic mass is 9.79. The molecule has 4 fully saturated rings. The van der Waals surface area contributed by atoms with Crippen LogP contribution in [-0.2, 0) is 5.54 Å². The van der Waals surface area contributed by atoms with Gasteiger partial charge in [-0.1, -0.05) is 68.1 Å². The zero-order valence-electron chi connectivity index (χ0n) is 21.9. The molecule has 5 nitrogen and oxygen atoms in total. The monoisotopic (exact) mass is 483 g/mol. The molecule has 0 radical (unpaired) electrons. The van der Waals surface area contributed by atoms with Crippen LogP contribution in [0.1, 0.15) is 69.4 Å². The second kappa shape index (κ2) is 9.18. The minimum Gasteiger partial charge on any atom is -0.336 e. The van der Waals surface area contributed by atoms with Crippen LogP contribution in [0.2, 0.25) is 0 Å². The first kappa shape index (κ1) is 22.8. The smallest absolute Gasteiger partial charge is 0.207 e. The van der Waals surface area contributed by atoms with E-state index < -0.39 is 0 Å². The average Bonchev–Trinajstić information content (AvgIpc) is 3.55. The van der Waals surface area contributed by atoms with Crippen molar-refractivity contribution >= 4 is 17.0 Å². The van der Waals surface area contributed by atoms with Crippen molar-refractivity contribution in [2.75, 3.05) is 38.1 Å². The number of para-hydroxylation sites is 2. The van der Waals surface area contributed by atoms with Crippen LogP contribution >= 0.6 is 0 Å². The number of imidazole rings is 1. The number of likely N-dealkylation sites (tertiary alicyclic amines) is 2. The van der Waals surface area contributed by atoms with Gasteiger partial charge in [0.25, 0.3) is 0 Å². The number of fused-ring (bicyclic) bond motifs is 3. The van der Waals surface area contributed by atoms with E-state index >= 15 is 0 Å². The zero-order chi connectivity index (χ0) is 24.1. The number of anilines is 1. The fourth-order valence-corrected chi connectivity index (χ4v) is 8.11. The Morgan fingerprint density at radius 3 is 2.19 bits per heavy atom. The fraction of sp³-hybridized carbons (Fsp3) is 0.581. The van der Waals surface area contributed by atoms with E-state index in [2.05, 4.69) is 80.9 Å². The van der Waals surface area contributed by atoms with Gasteiger partial charge < -0.3 is 9.47 Å². The minimum absolute atomic E-state index is 0.223. The van der Waals surface area contributed by atoms with E-state index in [0.717, 1.165) is 12.1 Å². The molecule has 2 atom stereocenters. The van der Waals surface area contributed by atoms with Gasteiger partial charge >= 0.3 is 0 Å². The number of benzene rings is 2. The van der Waals surface area contributed by atoms with Crippen LogP contribution in [0.4, 0.5) is 5.95 Å². The Morgan fingerprint density at radius 1 is 0.778 bits per heavy atom. The summed E-state index contributed by atoms with van der Waals surface area (Å²) in [6, 6.07) is 22.2. The maximum atomic E-state index is 5.25. The van der Waals surface area contributed by atoms with Crippen LogP contribution in [0.5, 0.6) is 0 Å². The van der Waals surface area contributed by atoms with Gasteiger partial charge in [-0.3, -0.25) is 9.80 Å². The van der Waals surface area contributed by atoms with Gasteiger partial charge in [0.05, 0.1) is 11.0 Å². The topological polar surface area (TPSA) is 27.5 Å². The number of rotatable bonds is 4. The van der Waals surface area contributed by atoms with Crippen molar-refractivity contribution in [3.05, 3.63) is 60.2 Å². The van der Waals surface area contributed by atoms with Crippen LogP contribution in [0, 0.1) is 0 Å². The molecule has 2 aromatic carbocycles. The van der Waals surface area contributed by atoms with Crippen LogP contribution in [0.25, 0.3) is 11.0 Å². The number of nitrogens with zero attached hydrogens (tertiary/aromatic N) is 5. The molecule has 2 bridgehead atoms. The number of piperazine rings is 1. The van der Waals surface area contributed by atoms with Gasteiger partial charge in [0, 0.05) is 49.8 Å². The first-order chi connectivity index (χ1) is 17.7. The highest BCUT2D eigenvalue weighted by atomic mass is 15.4. The van der Waals surface area contributed by atoms with E-state index in [4.69, 9.17) is 4.98 Å². The number of hydrogen-bond donors (Lipinski definition) is 0. The number of likely N-dealkylation sites (N-methyl/N-ethyl adjacent to an activating group) is 1. The lowest BCUT2D eigenvalue weighted by Crippen LogP contribution is -2.50. The molecule has 7 rings (SSSR count). The Bertz CT molecular complexity index is 1180. The predicted molar refractivity (Wildman–Crippen MR) is 148 cm³/mol. The standard InChI is InChI=1S/C31H41N5/c1-33-22-27-21-26(33)23-35(27)30-32-28-13-7-8-14-29(28)36(30)25-15-19-34(20-16-25)31(17-9-2-3-10-18-31)24-11-5-4-6-12-24/h4-8,11-14,25-27H,2-3,9-10,15-23H2,1H3/t26-,27-/m0/s1. The number of piperidine rings is 1. The van der Waals surface area contributed by atoms with Crippen molar-refractivity contribution in [1.29, 1.82) is 0 Å². The first-order valence-corrected chi connectivity index (χ1v) is 14.5. The van der Waals surface area contributed by atoms with Crippen molar-refractivity contribution in [2.45, 2.75) is 81.5 Å². The van der Waals surface area contributed by atoms with Gasteiger partial charge in [0.1, 0.15) is 0 Å². The third kappa shape index (κ3) is 3.69. The Kier molecular flexibility index (Phi) is 5.81. The van der Waals surface area contributed by atoms with Gasteiger partial charge in [-0.05, 0) is 56.8 Å². The Morgan fingerprint density at radius 2 is 1.50 bits per heavy atom. The predicted octanol–water partition coefficient (Wildman–Crippen LogP) is 5.82. The summed E-state index contributed by atoms with van der Waals surface area (Å²) in [5.41, 5.74) is 4.27. The lowest BCUT2D eigenvalue weighted by molar-refractivity contribution is 0.0361. The van der Waals surface area contributed by atoms with Crippen molar-refractivity contribution < 1.29 is 0 Å². The maximum absolute atomic E-state index is 5.25. The minimum atomic E-state index is 0.223. The molecule has 4 aliphatic rings. The summed E-state index contributed by atoms with van der Waals surface area (Å²) in [7, 11) is 2.29. The normalized spacial score (nSPS) is 27.6. The molecule has 3 aromatic rings. The van der Waals surface area contributed by atoms with E-state index in [9.17, 15) is 0 Å². The molecule has 0 N–H and O–H groups in total. The summed E-state index contributed by atoms with van der Waals surface area (Å²) in [6.45, 7) is 4.66. The third-order valence-electron chi connectivity index (χ3n) is 10.0. The average molecular weight is 484 g/mol. The second-order valence-corrected chi connectivity index (χ2v) is 11.9. The summed E-state index contributed by atoms with van der Waals surface area (Å²) in [5.74, 6) is 1.24. The molecule has 190 valence electrons. The SMILES string of the molecule is CN1C[C@@H]2C[C@H]1CN2c1nc2ccccc2n1C1CCN(C2(c3ccccc3)CCCCCC2)CC1. The number of hydrogen-bond acceptors (Lipinski definition) is 4. The lowest BCUT2D eigenvalue weighted by Gasteiger charge is -2.48. The summed E-state index contributed by atoms with van der Waals surface area (Å²) < 4.78 is 2.65. The highest BCUT2D eigenvalue weighted by Crippen LogP contribution is 2.45. The van der Waals surface area contributed by atoms with E-state index in [1.807, 2.05) is 0 Å². The highest BCUT2D eigenvalue weighted by molar-refractivity contribution is 5.79. The molecule has 1 aliphatic carbocycles. The zero-order valence-corrected chi connectivity index (χ0v) is 21.9. The van der Waals surface area contributed by atoms with Gasteiger partial charge in [-0.25, -0.2) is 4.98 Å². The Labute approximate surface area is 216 Å². The van der Waals surface area contributed by atoms with Crippen molar-refractivity contribution in [2.24, 2.45) is 0 Å². The highest BCUT2D eigenvalue weighted by Gasteiger charge is 2.45. The molecular weight excluding hydrogens is 442 g/mol. The van der Waals surface area contributed by atoms with Gasteiger partial charge in [-0.15, -0.1) is 0 Å². The Hall–Kier alpha value is -2.37. The van der Waals surface area contributed by atoms with Crippen molar-refractivity contribution in [1.82, 2.24) is 19.4 Å². The second-order valence-electron chi connectivity index (χ2n) is 11.9. The molecule has 1 saturated carbocycles. The van der Waals surface area contributed by atoms with Crippen molar-refractivity contribution in [3.63, 3.8) is 0 Å². The van der Waals surface area contributed by atoms with Crippen LogP contribution < -0.4 is 4.90 Å². The maximum Gasteiger partial charge on any atom is 0.207 e. The van der Waals surface area contributed by atoms with E-state index in [0.29, 0.717) is 18.1 Å². The van der Waals surface area contributed by atoms with E-state index in [1.165, 1.54) is 88.9 Å². The van der Waals surface area contributed by atoms with Crippen LogP contribution in [-0.4, -0.2) is 64.7 Å². The van der Waals surface area contributed by atoms with Crippen LogP contribution in [0.15, 0.2) is 54.6 Å². The molecule has 3 aliphatic heterocycles. The van der Waals surface area contributed by atoms with E-state index in [1.54, 1.807) is 5.56 Å². The summed E-state index contributed by atoms with van der Waals surface area (Å²) in [5, 5.41) is 0. The Balaban J connectivity index is 1.19. The largest absolute Gasteiger partial charge is 0.336 e. The molecule has 3 saturated heterocycles. The molecule has 0 unspecified atom stereocenters. The van der Waals surface area contributed by atoms with Gasteiger partial charge in [0.15, 0.2) is 0 Å². The van der Waals surface area contributed by atoms with Crippen molar-refractivity contribution in [3.8, 4) is 0 Å². The summed E-state index contributed by atoms with van der Waals surface area (Å²) in [4.78, 5) is 13.3. The summed E-state index contributed by atoms with van der Waals surface area (Å²) >= 11 is 0. The number of aromatic nitrogens is 2. The van der Waals surface area contributed by atoms with Gasteiger partial charge in [0.2, 0.25) is 5.95 Å². The molecule has 0 spiro atoms. The summed E-state index contributed by atoms with van der Waals surface area (Å²) in [6.07, 6.45) is 11.8. The molecule has 0 amide bonds. The first-order valence-electron chi connectivity index (χ1n) is 14.5. The van der Waals surface area contributed by atoms with E-state index in [-0.39, 0.29) is 5.54 Å². The molecule has 4 heterocycles. The third-order valence-corrected chi connectivity index (χ3v) is 10.0. The molecule has 36 heavy (non-hydrogen) atoms. The molecule has 1 aromatic heterocycles. The van der Waals surface area contributed by atoms with Gasteiger partial charge in [-0.2, -0.15) is 0 Å². The molecule has 5 heteroatoms.